The molecular weight excluding hydrogens is 230 g/mol. The van der Waals surface area contributed by atoms with Crippen LogP contribution in [0.1, 0.15) is 17.5 Å². The molecule has 0 saturated carbocycles. The number of imide groups is 1. The van der Waals surface area contributed by atoms with Crippen molar-refractivity contribution in [2.45, 2.75) is 19.4 Å². The van der Waals surface area contributed by atoms with Gasteiger partial charge in [0.25, 0.3) is 0 Å². The molecule has 96 valence electrons. The Kier molecular flexibility index (Phi) is 3.62. The van der Waals surface area contributed by atoms with E-state index in [2.05, 4.69) is 10.6 Å². The summed E-state index contributed by atoms with van der Waals surface area (Å²) in [4.78, 5) is 24.8. The number of aryl methyl sites for hydroxylation is 1. The summed E-state index contributed by atoms with van der Waals surface area (Å²) < 4.78 is 0. The fraction of sp³-hybridized carbons (Fsp3) is 0.385. The van der Waals surface area contributed by atoms with Gasteiger partial charge in [0.15, 0.2) is 0 Å². The lowest BCUT2D eigenvalue weighted by atomic mass is 9.99. The zero-order valence-electron chi connectivity index (χ0n) is 10.6. The van der Waals surface area contributed by atoms with Gasteiger partial charge in [0.05, 0.1) is 5.69 Å². The van der Waals surface area contributed by atoms with E-state index in [9.17, 15) is 9.59 Å². The van der Waals surface area contributed by atoms with Crippen LogP contribution in [0.15, 0.2) is 18.2 Å². The van der Waals surface area contributed by atoms with E-state index in [1.807, 2.05) is 25.2 Å². The minimum Gasteiger partial charge on any atom is -0.340 e. The van der Waals surface area contributed by atoms with Gasteiger partial charge in [0.1, 0.15) is 0 Å². The van der Waals surface area contributed by atoms with Crippen LogP contribution in [0.2, 0.25) is 0 Å². The van der Waals surface area contributed by atoms with Crippen molar-refractivity contribution in [3.05, 3.63) is 29.3 Å². The fourth-order valence-electron chi connectivity index (χ4n) is 2.19. The van der Waals surface area contributed by atoms with Crippen molar-refractivity contribution in [1.29, 1.82) is 0 Å². The molecule has 0 bridgehead atoms. The van der Waals surface area contributed by atoms with Crippen LogP contribution in [-0.4, -0.2) is 26.0 Å². The number of nitrogens with one attached hydrogen (secondary N) is 2. The number of urea groups is 1. The number of nitrogens with zero attached hydrogens (tertiary/aromatic N) is 1. The molecule has 1 aromatic carbocycles. The van der Waals surface area contributed by atoms with E-state index in [1.165, 1.54) is 11.9 Å². The van der Waals surface area contributed by atoms with Gasteiger partial charge >= 0.3 is 6.03 Å². The van der Waals surface area contributed by atoms with Crippen molar-refractivity contribution >= 4 is 17.6 Å². The summed E-state index contributed by atoms with van der Waals surface area (Å²) in [5.74, 6) is -0.150. The Balaban J connectivity index is 2.38. The summed E-state index contributed by atoms with van der Waals surface area (Å²) >= 11 is 0. The number of carbonyl (C=O) groups is 2. The molecular formula is C13H17N3O2. The molecule has 1 aliphatic heterocycles. The second-order valence-electron chi connectivity index (χ2n) is 4.28. The number of rotatable bonds is 2. The van der Waals surface area contributed by atoms with E-state index >= 15 is 0 Å². The predicted molar refractivity (Wildman–Crippen MR) is 69.5 cm³/mol. The third kappa shape index (κ3) is 2.22. The molecule has 0 saturated heterocycles. The number of amides is 3. The molecule has 1 aromatic rings. The molecule has 3 amide bonds. The van der Waals surface area contributed by atoms with Gasteiger partial charge in [-0.3, -0.25) is 4.79 Å². The molecule has 0 unspecified atom stereocenters. The molecule has 5 heteroatoms. The van der Waals surface area contributed by atoms with E-state index in [-0.39, 0.29) is 11.9 Å². The molecule has 0 fully saturated rings. The van der Waals surface area contributed by atoms with Crippen LogP contribution >= 0.6 is 0 Å². The Morgan fingerprint density at radius 1 is 1.33 bits per heavy atom. The molecule has 1 heterocycles. The first-order valence-electron chi connectivity index (χ1n) is 5.98. The summed E-state index contributed by atoms with van der Waals surface area (Å²) in [7, 11) is 3.42. The first kappa shape index (κ1) is 12.6. The highest BCUT2D eigenvalue weighted by molar-refractivity contribution is 6.15. The quantitative estimate of drug-likeness (QED) is 0.820. The average molecular weight is 247 g/mol. The van der Waals surface area contributed by atoms with E-state index in [1.54, 1.807) is 0 Å². The maximum Gasteiger partial charge on any atom is 0.328 e. The van der Waals surface area contributed by atoms with Crippen LogP contribution < -0.4 is 15.5 Å². The molecule has 0 aromatic heterocycles. The Labute approximate surface area is 106 Å². The second-order valence-corrected chi connectivity index (χ2v) is 4.28. The smallest absolute Gasteiger partial charge is 0.328 e. The van der Waals surface area contributed by atoms with E-state index in [0.29, 0.717) is 18.5 Å². The normalized spacial score (nSPS) is 14.3. The number of carbonyl (C=O) groups excluding carboxylic acids is 2. The number of fused-ring (bicyclic) bond motifs is 1. The standard InChI is InChI=1S/C13H17N3O2/c1-14-8-9-3-5-11-10(7-9)4-6-12(17)16(11)13(18)15-2/h3,5,7,14H,4,6,8H2,1-2H3,(H,15,18). The second kappa shape index (κ2) is 5.18. The average Bonchev–Trinajstić information content (AvgIpc) is 2.38. The first-order chi connectivity index (χ1) is 8.67. The minimum atomic E-state index is -0.373. The lowest BCUT2D eigenvalue weighted by molar-refractivity contribution is -0.118. The van der Waals surface area contributed by atoms with Crippen molar-refractivity contribution in [2.24, 2.45) is 0 Å². The third-order valence-corrected chi connectivity index (χ3v) is 3.04. The van der Waals surface area contributed by atoms with Crippen LogP contribution in [0, 0.1) is 0 Å². The Bertz CT molecular complexity index is 485. The number of hydrogen-bond donors (Lipinski definition) is 2. The van der Waals surface area contributed by atoms with Gasteiger partial charge in [0.2, 0.25) is 5.91 Å². The van der Waals surface area contributed by atoms with Crippen LogP contribution in [-0.2, 0) is 17.8 Å². The highest BCUT2D eigenvalue weighted by Gasteiger charge is 2.28. The number of hydrogen-bond acceptors (Lipinski definition) is 3. The van der Waals surface area contributed by atoms with Gasteiger partial charge in [-0.15, -0.1) is 0 Å². The summed E-state index contributed by atoms with van der Waals surface area (Å²) in [6, 6.07) is 5.45. The van der Waals surface area contributed by atoms with Crippen molar-refractivity contribution in [3.8, 4) is 0 Å². The minimum absolute atomic E-state index is 0.150. The van der Waals surface area contributed by atoms with Gasteiger partial charge in [0, 0.05) is 20.0 Å². The van der Waals surface area contributed by atoms with Gasteiger partial charge in [-0.2, -0.15) is 0 Å². The molecule has 1 aliphatic rings. The lowest BCUT2D eigenvalue weighted by Gasteiger charge is -2.27. The van der Waals surface area contributed by atoms with E-state index in [0.717, 1.165) is 17.7 Å². The molecule has 0 spiro atoms. The van der Waals surface area contributed by atoms with Crippen LogP contribution in [0.25, 0.3) is 0 Å². The summed E-state index contributed by atoms with van der Waals surface area (Å²) in [5, 5.41) is 5.58. The number of benzene rings is 1. The summed E-state index contributed by atoms with van der Waals surface area (Å²) in [6.45, 7) is 0.779. The van der Waals surface area contributed by atoms with Gasteiger partial charge < -0.3 is 10.6 Å². The summed E-state index contributed by atoms with van der Waals surface area (Å²) in [5.41, 5.74) is 2.90. The van der Waals surface area contributed by atoms with Crippen molar-refractivity contribution in [2.75, 3.05) is 19.0 Å². The van der Waals surface area contributed by atoms with Crippen LogP contribution in [0.5, 0.6) is 0 Å². The molecule has 5 nitrogen and oxygen atoms in total. The summed E-state index contributed by atoms with van der Waals surface area (Å²) in [6.07, 6.45) is 1.07. The zero-order valence-corrected chi connectivity index (χ0v) is 10.6. The van der Waals surface area contributed by atoms with E-state index < -0.39 is 0 Å². The van der Waals surface area contributed by atoms with Crippen LogP contribution in [0.4, 0.5) is 10.5 Å². The Morgan fingerprint density at radius 3 is 2.78 bits per heavy atom. The first-order valence-corrected chi connectivity index (χ1v) is 5.98. The third-order valence-electron chi connectivity index (χ3n) is 3.04. The zero-order chi connectivity index (χ0) is 13.1. The molecule has 2 rings (SSSR count). The molecule has 0 radical (unpaired) electrons. The van der Waals surface area contributed by atoms with Crippen LogP contribution in [0.3, 0.4) is 0 Å². The van der Waals surface area contributed by atoms with Crippen molar-refractivity contribution in [1.82, 2.24) is 10.6 Å². The molecule has 0 aliphatic carbocycles. The topological polar surface area (TPSA) is 61.4 Å². The van der Waals surface area contributed by atoms with Crippen molar-refractivity contribution in [3.63, 3.8) is 0 Å². The lowest BCUT2D eigenvalue weighted by Crippen LogP contribution is -2.45. The van der Waals surface area contributed by atoms with Crippen molar-refractivity contribution < 1.29 is 9.59 Å². The van der Waals surface area contributed by atoms with Gasteiger partial charge in [-0.05, 0) is 30.7 Å². The van der Waals surface area contributed by atoms with E-state index in [4.69, 9.17) is 0 Å². The van der Waals surface area contributed by atoms with Gasteiger partial charge in [-0.25, -0.2) is 9.69 Å². The largest absolute Gasteiger partial charge is 0.340 e. The maximum absolute atomic E-state index is 11.8. The Morgan fingerprint density at radius 2 is 2.11 bits per heavy atom. The Hall–Kier alpha value is -1.88. The fourth-order valence-corrected chi connectivity index (χ4v) is 2.19. The highest BCUT2D eigenvalue weighted by Crippen LogP contribution is 2.28. The monoisotopic (exact) mass is 247 g/mol. The molecule has 2 N–H and O–H groups in total. The maximum atomic E-state index is 11.8. The molecule has 0 atom stereocenters. The highest BCUT2D eigenvalue weighted by atomic mass is 16.2. The molecule has 18 heavy (non-hydrogen) atoms. The van der Waals surface area contributed by atoms with Gasteiger partial charge in [-0.1, -0.05) is 12.1 Å². The number of anilines is 1. The SMILES string of the molecule is CNCc1ccc2c(c1)CCC(=O)N2C(=O)NC. The predicted octanol–water partition coefficient (Wildman–Crippen LogP) is 1.02.